The molecule has 0 aromatic carbocycles. The molecule has 188 valence electrons. The molecule has 2 fully saturated rings. The molecular weight excluding hydrogens is 458 g/mol. The van der Waals surface area contributed by atoms with E-state index in [4.69, 9.17) is 0 Å². The first-order valence-corrected chi connectivity index (χ1v) is 12.7. The van der Waals surface area contributed by atoms with Crippen molar-refractivity contribution in [3.8, 4) is 0 Å². The van der Waals surface area contributed by atoms with Gasteiger partial charge in [-0.2, -0.15) is 9.83 Å². The lowest BCUT2D eigenvalue weighted by atomic mass is 9.79. The zero-order chi connectivity index (χ0) is 24.7. The largest absolute Gasteiger partial charge is 0.427 e. The molecule has 1 saturated heterocycles. The molecule has 3 aliphatic rings. The summed E-state index contributed by atoms with van der Waals surface area (Å²) in [5.74, 6) is 1.72. The second-order valence-electron chi connectivity index (χ2n) is 9.96. The number of nitrogens with one attached hydrogen (secondary N) is 3. The number of carbonyl (C=O) groups is 1. The number of aryl methyl sites for hydroxylation is 1. The predicted octanol–water partition coefficient (Wildman–Crippen LogP) is 2.82. The fourth-order valence-corrected chi connectivity index (χ4v) is 5.88. The average molecular weight is 490 g/mol. The highest BCUT2D eigenvalue weighted by Crippen LogP contribution is 2.42. The molecule has 11 heteroatoms. The van der Waals surface area contributed by atoms with E-state index in [1.165, 1.54) is 6.33 Å². The van der Waals surface area contributed by atoms with Crippen LogP contribution in [-0.2, 0) is 5.54 Å². The molecule has 1 spiro atoms. The Morgan fingerprint density at radius 1 is 1.17 bits per heavy atom. The van der Waals surface area contributed by atoms with Gasteiger partial charge in [-0.1, -0.05) is 19.3 Å². The van der Waals surface area contributed by atoms with Gasteiger partial charge in [0, 0.05) is 12.1 Å². The van der Waals surface area contributed by atoms with Crippen molar-refractivity contribution in [1.29, 1.82) is 0 Å². The molecule has 2 aliphatic heterocycles. The fraction of sp³-hybridized carbons (Fsp3) is 0.480. The molecule has 1 amide bonds. The van der Waals surface area contributed by atoms with Crippen molar-refractivity contribution >= 4 is 23.4 Å². The normalized spacial score (nSPS) is 19.9. The van der Waals surface area contributed by atoms with Gasteiger partial charge in [0.25, 0.3) is 5.91 Å². The Morgan fingerprint density at radius 3 is 2.78 bits per heavy atom. The third-order valence-electron chi connectivity index (χ3n) is 7.61. The number of hydrogen-bond acceptors (Lipinski definition) is 8. The van der Waals surface area contributed by atoms with Crippen molar-refractivity contribution in [1.82, 2.24) is 35.1 Å². The summed E-state index contributed by atoms with van der Waals surface area (Å²) >= 11 is 0. The smallest absolute Gasteiger partial charge is 0.254 e. The molecule has 0 radical (unpaired) electrons. The van der Waals surface area contributed by atoms with Gasteiger partial charge < -0.3 is 21.2 Å². The van der Waals surface area contributed by atoms with Gasteiger partial charge in [0.1, 0.15) is 18.0 Å². The van der Waals surface area contributed by atoms with Crippen LogP contribution in [0.5, 0.6) is 0 Å². The van der Waals surface area contributed by atoms with Crippen molar-refractivity contribution in [2.75, 3.05) is 18.4 Å². The Kier molecular flexibility index (Phi) is 5.71. The van der Waals surface area contributed by atoms with E-state index in [1.807, 2.05) is 17.7 Å². The number of carbonyl (C=O) groups excluding carboxylic acids is 1. The maximum absolute atomic E-state index is 12.8. The Balaban J connectivity index is 1.34. The van der Waals surface area contributed by atoms with E-state index in [-0.39, 0.29) is 5.91 Å². The van der Waals surface area contributed by atoms with Crippen LogP contribution in [0.15, 0.2) is 35.7 Å². The van der Waals surface area contributed by atoms with Crippen LogP contribution in [0.1, 0.15) is 72.6 Å². The van der Waals surface area contributed by atoms with E-state index in [0.717, 1.165) is 74.1 Å². The van der Waals surface area contributed by atoms with E-state index in [9.17, 15) is 10.0 Å². The number of rotatable bonds is 4. The lowest BCUT2D eigenvalue weighted by Crippen LogP contribution is -2.43. The zero-order valence-electron chi connectivity index (χ0n) is 20.4. The van der Waals surface area contributed by atoms with E-state index < -0.39 is 5.54 Å². The second-order valence-corrected chi connectivity index (χ2v) is 9.96. The number of fused-ring (bicyclic) bond motifs is 2. The van der Waals surface area contributed by atoms with E-state index in [0.29, 0.717) is 34.4 Å². The molecule has 1 aliphatic carbocycles. The third-order valence-corrected chi connectivity index (χ3v) is 7.61. The molecule has 3 aromatic heterocycles. The molecule has 1 saturated carbocycles. The summed E-state index contributed by atoms with van der Waals surface area (Å²) in [6.07, 6.45) is 10.0. The molecule has 36 heavy (non-hydrogen) atoms. The van der Waals surface area contributed by atoms with Crippen molar-refractivity contribution in [3.05, 3.63) is 53.0 Å². The van der Waals surface area contributed by atoms with Crippen LogP contribution >= 0.6 is 0 Å². The monoisotopic (exact) mass is 489 g/mol. The number of pyridine rings is 1. The maximum atomic E-state index is 12.8. The van der Waals surface area contributed by atoms with Gasteiger partial charge in [-0.3, -0.25) is 4.79 Å². The first kappa shape index (κ1) is 22.7. The summed E-state index contributed by atoms with van der Waals surface area (Å²) in [4.78, 5) is 26.1. The van der Waals surface area contributed by atoms with Gasteiger partial charge >= 0.3 is 0 Å². The highest BCUT2D eigenvalue weighted by molar-refractivity contribution is 6.00. The van der Waals surface area contributed by atoms with Gasteiger partial charge in [0.2, 0.25) is 0 Å². The van der Waals surface area contributed by atoms with Crippen molar-refractivity contribution in [3.63, 3.8) is 0 Å². The van der Waals surface area contributed by atoms with Crippen molar-refractivity contribution < 1.29 is 10.0 Å². The Morgan fingerprint density at radius 2 is 1.97 bits per heavy atom. The summed E-state index contributed by atoms with van der Waals surface area (Å²) in [6.45, 7) is 3.84. The van der Waals surface area contributed by atoms with Crippen LogP contribution in [-0.4, -0.2) is 48.7 Å². The minimum absolute atomic E-state index is 0.127. The quantitative estimate of drug-likeness (QED) is 0.414. The number of piperidine rings is 1. The molecule has 0 bridgehead atoms. The Labute approximate surface area is 208 Å². The minimum Gasteiger partial charge on any atom is -0.427 e. The van der Waals surface area contributed by atoms with Gasteiger partial charge in [0.15, 0.2) is 11.3 Å². The lowest BCUT2D eigenvalue weighted by Gasteiger charge is -2.34. The SMILES string of the molecule is Cc1cc(=Nc2cc(Nc3ccnn3C3CCNCC3)ncn2)n(O)c2c1C(=O)NC21CCCCC1. The summed E-state index contributed by atoms with van der Waals surface area (Å²) < 4.78 is 3.09. The topological polar surface area (TPSA) is 134 Å². The van der Waals surface area contributed by atoms with E-state index in [2.05, 4.69) is 36.0 Å². The van der Waals surface area contributed by atoms with Gasteiger partial charge in [-0.15, -0.1) is 0 Å². The molecule has 0 atom stereocenters. The second kappa shape index (κ2) is 9.05. The van der Waals surface area contributed by atoms with Gasteiger partial charge in [-0.05, 0) is 57.3 Å². The Hall–Kier alpha value is -3.73. The number of hydrogen-bond donors (Lipinski definition) is 4. The average Bonchev–Trinajstić information content (AvgIpc) is 3.46. The first-order valence-electron chi connectivity index (χ1n) is 12.7. The molecule has 3 aromatic rings. The van der Waals surface area contributed by atoms with Crippen LogP contribution in [0.25, 0.3) is 0 Å². The molecule has 6 rings (SSSR count). The highest BCUT2D eigenvalue weighted by atomic mass is 16.5. The van der Waals surface area contributed by atoms with Crippen molar-refractivity contribution in [2.24, 2.45) is 4.99 Å². The number of amides is 1. The molecular formula is C25H31N9O2. The predicted molar refractivity (Wildman–Crippen MR) is 132 cm³/mol. The van der Waals surface area contributed by atoms with Crippen LogP contribution in [0.2, 0.25) is 0 Å². The highest BCUT2D eigenvalue weighted by Gasteiger charge is 2.47. The zero-order valence-corrected chi connectivity index (χ0v) is 20.4. The minimum atomic E-state index is -0.541. The van der Waals surface area contributed by atoms with Crippen molar-refractivity contribution in [2.45, 2.75) is 63.5 Å². The fourth-order valence-electron chi connectivity index (χ4n) is 5.88. The standard InChI is InChI=1S/C25H31N9O2/c1-16-13-21(34(36)23-22(16)24(35)32-25(23)8-3-2-4-9-25)31-19-14-18(27-15-28-19)30-20-7-12-29-33(20)17-5-10-26-11-6-17/h7,12-15,17,26,36H,2-6,8-11H2,1H3,(H,32,35)(H,27,28,30). The molecule has 11 nitrogen and oxygen atoms in total. The van der Waals surface area contributed by atoms with Crippen LogP contribution in [0.3, 0.4) is 0 Å². The lowest BCUT2D eigenvalue weighted by molar-refractivity contribution is 0.0892. The summed E-state index contributed by atoms with van der Waals surface area (Å²) in [5, 5.41) is 25.6. The molecule has 4 N–H and O–H groups in total. The third kappa shape index (κ3) is 3.93. The number of anilines is 2. The van der Waals surface area contributed by atoms with Crippen LogP contribution < -0.4 is 21.4 Å². The number of aromatic nitrogens is 5. The van der Waals surface area contributed by atoms with E-state index in [1.54, 1.807) is 18.3 Å². The van der Waals surface area contributed by atoms with Gasteiger partial charge in [-0.25, -0.2) is 19.6 Å². The first-order chi connectivity index (χ1) is 17.5. The molecule has 5 heterocycles. The van der Waals surface area contributed by atoms with E-state index >= 15 is 0 Å². The molecule has 0 unspecified atom stereocenters. The van der Waals surface area contributed by atoms with Gasteiger partial charge in [0.05, 0.1) is 29.0 Å². The summed E-state index contributed by atoms with van der Waals surface area (Å²) in [7, 11) is 0. The summed E-state index contributed by atoms with van der Waals surface area (Å²) in [5.41, 5.74) is 1.74. The summed E-state index contributed by atoms with van der Waals surface area (Å²) in [6, 6.07) is 5.73. The van der Waals surface area contributed by atoms with Crippen LogP contribution in [0.4, 0.5) is 17.5 Å². The van der Waals surface area contributed by atoms with Crippen LogP contribution in [0, 0.1) is 6.92 Å². The Bertz CT molecular complexity index is 1360. The maximum Gasteiger partial charge on any atom is 0.254 e. The number of nitrogens with zero attached hydrogens (tertiary/aromatic N) is 6.